The van der Waals surface area contributed by atoms with Gasteiger partial charge in [-0.25, -0.2) is 4.98 Å². The number of carbonyl (C=O) groups is 1. The van der Waals surface area contributed by atoms with Gasteiger partial charge in [0.1, 0.15) is 0 Å². The van der Waals surface area contributed by atoms with Gasteiger partial charge in [-0.1, -0.05) is 0 Å². The van der Waals surface area contributed by atoms with E-state index in [1.165, 1.54) is 0 Å². The van der Waals surface area contributed by atoms with Gasteiger partial charge in [-0.2, -0.15) is 0 Å². The van der Waals surface area contributed by atoms with E-state index in [1.807, 2.05) is 12.1 Å². The predicted molar refractivity (Wildman–Crippen MR) is 71.8 cm³/mol. The first-order chi connectivity index (χ1) is 8.15. The summed E-state index contributed by atoms with van der Waals surface area (Å²) >= 11 is 4.87. The molecule has 1 aromatic rings. The zero-order valence-electron chi connectivity index (χ0n) is 9.23. The summed E-state index contributed by atoms with van der Waals surface area (Å²) in [6.45, 7) is 0. The van der Waals surface area contributed by atoms with Gasteiger partial charge in [0.15, 0.2) is 0 Å². The number of thioether (sulfide) groups is 1. The Balaban J connectivity index is 1.85. The third-order valence-electron chi connectivity index (χ3n) is 2.46. The lowest BCUT2D eigenvalue weighted by atomic mass is 10.3. The molecule has 0 radical (unpaired) electrons. The Labute approximate surface area is 113 Å². The van der Waals surface area contributed by atoms with Crippen LogP contribution in [0.25, 0.3) is 0 Å². The quantitative estimate of drug-likeness (QED) is 0.781. The monoisotopic (exact) mass is 315 g/mol. The van der Waals surface area contributed by atoms with Crippen molar-refractivity contribution in [1.29, 1.82) is 0 Å². The summed E-state index contributed by atoms with van der Waals surface area (Å²) in [5, 5.41) is 4.14. The smallest absolute Gasteiger partial charge is 0.235 e. The summed E-state index contributed by atoms with van der Waals surface area (Å²) in [5.41, 5.74) is 5.36. The molecule has 0 bridgehead atoms. The lowest BCUT2D eigenvalue weighted by molar-refractivity contribution is -0.119. The maximum atomic E-state index is 11.3. The van der Waals surface area contributed by atoms with E-state index in [1.54, 1.807) is 18.0 Å². The van der Waals surface area contributed by atoms with Gasteiger partial charge in [0.05, 0.1) is 11.1 Å². The molecule has 1 atom stereocenters. The van der Waals surface area contributed by atoms with Crippen LogP contribution in [0.3, 0.4) is 0 Å². The summed E-state index contributed by atoms with van der Waals surface area (Å²) in [6.07, 6.45) is 4.03. The van der Waals surface area contributed by atoms with Crippen LogP contribution in [0.2, 0.25) is 0 Å². The van der Waals surface area contributed by atoms with Gasteiger partial charge in [0, 0.05) is 22.5 Å². The molecule has 0 aromatic carbocycles. The Hall–Kier alpha value is -0.590. The SMILES string of the molecule is NC(=O)C(CSc1ccc(Br)cn1)NC1CC1. The van der Waals surface area contributed by atoms with Gasteiger partial charge in [-0.15, -0.1) is 11.8 Å². The first kappa shape index (κ1) is 12.9. The lowest BCUT2D eigenvalue weighted by Crippen LogP contribution is -2.44. The number of halogens is 1. The second kappa shape index (κ2) is 5.84. The molecule has 0 saturated heterocycles. The van der Waals surface area contributed by atoms with Crippen molar-refractivity contribution in [2.75, 3.05) is 5.75 Å². The number of primary amides is 1. The van der Waals surface area contributed by atoms with Crippen molar-refractivity contribution in [3.8, 4) is 0 Å². The minimum atomic E-state index is -0.290. The van der Waals surface area contributed by atoms with Crippen LogP contribution in [0.4, 0.5) is 0 Å². The first-order valence-electron chi connectivity index (χ1n) is 5.45. The highest BCUT2D eigenvalue weighted by Gasteiger charge is 2.27. The number of pyridine rings is 1. The Morgan fingerprint density at radius 1 is 1.65 bits per heavy atom. The Morgan fingerprint density at radius 3 is 2.94 bits per heavy atom. The maximum absolute atomic E-state index is 11.3. The number of amides is 1. The van der Waals surface area contributed by atoms with E-state index in [0.717, 1.165) is 22.3 Å². The normalized spacial score (nSPS) is 16.8. The summed E-state index contributed by atoms with van der Waals surface area (Å²) in [7, 11) is 0. The summed E-state index contributed by atoms with van der Waals surface area (Å²) < 4.78 is 0.949. The van der Waals surface area contributed by atoms with Crippen molar-refractivity contribution in [2.45, 2.75) is 30.0 Å². The number of nitrogens with zero attached hydrogens (tertiary/aromatic N) is 1. The van der Waals surface area contributed by atoms with E-state index < -0.39 is 0 Å². The molecule has 1 fully saturated rings. The third-order valence-corrected chi connectivity index (χ3v) is 3.96. The van der Waals surface area contributed by atoms with Crippen molar-refractivity contribution in [2.24, 2.45) is 5.73 Å². The van der Waals surface area contributed by atoms with E-state index in [4.69, 9.17) is 5.73 Å². The molecule has 92 valence electrons. The fourth-order valence-corrected chi connectivity index (χ4v) is 2.49. The second-order valence-corrected chi connectivity index (χ2v) is 5.98. The largest absolute Gasteiger partial charge is 0.368 e. The highest BCUT2D eigenvalue weighted by molar-refractivity contribution is 9.10. The van der Waals surface area contributed by atoms with Gasteiger partial charge in [0.2, 0.25) is 5.91 Å². The number of rotatable bonds is 6. The maximum Gasteiger partial charge on any atom is 0.235 e. The average Bonchev–Trinajstić information content (AvgIpc) is 3.10. The van der Waals surface area contributed by atoms with Crippen LogP contribution in [0.5, 0.6) is 0 Å². The molecule has 1 aromatic heterocycles. The summed E-state index contributed by atoms with van der Waals surface area (Å²) in [4.78, 5) is 15.5. The number of aromatic nitrogens is 1. The van der Waals surface area contributed by atoms with Crippen LogP contribution in [-0.4, -0.2) is 28.7 Å². The van der Waals surface area contributed by atoms with Crippen molar-refractivity contribution in [3.05, 3.63) is 22.8 Å². The van der Waals surface area contributed by atoms with E-state index >= 15 is 0 Å². The van der Waals surface area contributed by atoms with Crippen molar-refractivity contribution >= 4 is 33.6 Å². The van der Waals surface area contributed by atoms with Gasteiger partial charge >= 0.3 is 0 Å². The van der Waals surface area contributed by atoms with Crippen molar-refractivity contribution in [3.63, 3.8) is 0 Å². The highest BCUT2D eigenvalue weighted by atomic mass is 79.9. The topological polar surface area (TPSA) is 68.0 Å². The number of carbonyl (C=O) groups excluding carboxylic acids is 1. The molecule has 1 aliphatic rings. The zero-order chi connectivity index (χ0) is 12.3. The fourth-order valence-electron chi connectivity index (χ4n) is 1.36. The Morgan fingerprint density at radius 2 is 2.41 bits per heavy atom. The summed E-state index contributed by atoms with van der Waals surface area (Å²) in [5.74, 6) is 0.335. The highest BCUT2D eigenvalue weighted by Crippen LogP contribution is 2.22. The molecule has 0 aliphatic heterocycles. The molecular formula is C11H14BrN3OS. The molecule has 1 unspecified atom stereocenters. The van der Waals surface area contributed by atoms with Crippen molar-refractivity contribution < 1.29 is 4.79 Å². The number of nitrogens with two attached hydrogens (primary N) is 1. The molecule has 3 N–H and O–H groups in total. The molecule has 1 heterocycles. The van der Waals surface area contributed by atoms with Crippen molar-refractivity contribution in [1.82, 2.24) is 10.3 Å². The van der Waals surface area contributed by atoms with Gasteiger partial charge in [-0.3, -0.25) is 4.79 Å². The number of hydrogen-bond donors (Lipinski definition) is 2. The molecule has 6 heteroatoms. The van der Waals surface area contributed by atoms with Gasteiger partial charge < -0.3 is 11.1 Å². The fraction of sp³-hybridized carbons (Fsp3) is 0.455. The van der Waals surface area contributed by atoms with Crippen LogP contribution in [0.1, 0.15) is 12.8 Å². The minimum Gasteiger partial charge on any atom is -0.368 e. The molecular weight excluding hydrogens is 302 g/mol. The number of hydrogen-bond acceptors (Lipinski definition) is 4. The lowest BCUT2D eigenvalue weighted by Gasteiger charge is -2.13. The third kappa shape index (κ3) is 4.29. The molecule has 2 rings (SSSR count). The van der Waals surface area contributed by atoms with Crippen LogP contribution in [0, 0.1) is 0 Å². The van der Waals surface area contributed by atoms with E-state index in [0.29, 0.717) is 11.8 Å². The molecule has 4 nitrogen and oxygen atoms in total. The summed E-state index contributed by atoms with van der Waals surface area (Å²) in [6, 6.07) is 4.07. The standard InChI is InChI=1S/C11H14BrN3OS/c12-7-1-4-10(14-5-7)17-6-9(11(13)16)15-8-2-3-8/h1,4-5,8-9,15H,2-3,6H2,(H2,13,16). The van der Waals surface area contributed by atoms with E-state index in [-0.39, 0.29) is 11.9 Å². The molecule has 1 aliphatic carbocycles. The van der Waals surface area contributed by atoms with E-state index in [2.05, 4.69) is 26.2 Å². The predicted octanol–water partition coefficient (Wildman–Crippen LogP) is 1.54. The van der Waals surface area contributed by atoms with Gasteiger partial charge in [0.25, 0.3) is 0 Å². The second-order valence-electron chi connectivity index (χ2n) is 4.02. The van der Waals surface area contributed by atoms with Crippen LogP contribution < -0.4 is 11.1 Å². The molecule has 0 spiro atoms. The molecule has 1 saturated carbocycles. The van der Waals surface area contributed by atoms with Gasteiger partial charge in [-0.05, 0) is 40.9 Å². The number of nitrogens with one attached hydrogen (secondary N) is 1. The van der Waals surface area contributed by atoms with Crippen LogP contribution >= 0.6 is 27.7 Å². The minimum absolute atomic E-state index is 0.266. The Bertz CT molecular complexity index is 394. The van der Waals surface area contributed by atoms with Crippen LogP contribution in [-0.2, 0) is 4.79 Å². The molecule has 1 amide bonds. The van der Waals surface area contributed by atoms with E-state index in [9.17, 15) is 4.79 Å². The van der Waals surface area contributed by atoms with Crippen LogP contribution in [0.15, 0.2) is 27.8 Å². The average molecular weight is 316 g/mol. The zero-order valence-corrected chi connectivity index (χ0v) is 11.6. The first-order valence-corrected chi connectivity index (χ1v) is 7.23. The Kier molecular flexibility index (Phi) is 4.42. The molecule has 17 heavy (non-hydrogen) atoms.